The SMILES string of the molecule is Cc1cccc2c1OCC/C2=C\C(=O)O. The number of rotatable bonds is 1. The van der Waals surface area contributed by atoms with Crippen molar-refractivity contribution in [3.63, 3.8) is 0 Å². The molecule has 0 saturated heterocycles. The van der Waals surface area contributed by atoms with E-state index in [1.54, 1.807) is 0 Å². The molecule has 0 radical (unpaired) electrons. The van der Waals surface area contributed by atoms with E-state index in [0.717, 1.165) is 22.4 Å². The second-order valence-electron chi connectivity index (χ2n) is 3.56. The van der Waals surface area contributed by atoms with Gasteiger partial charge in [0.05, 0.1) is 6.61 Å². The van der Waals surface area contributed by atoms with E-state index in [9.17, 15) is 4.79 Å². The summed E-state index contributed by atoms with van der Waals surface area (Å²) in [7, 11) is 0. The number of ether oxygens (including phenoxy) is 1. The Morgan fingerprint density at radius 3 is 3.07 bits per heavy atom. The van der Waals surface area contributed by atoms with Gasteiger partial charge in [-0.05, 0) is 18.1 Å². The average molecular weight is 204 g/mol. The molecule has 0 aromatic heterocycles. The van der Waals surface area contributed by atoms with Gasteiger partial charge in [-0.25, -0.2) is 4.79 Å². The molecule has 1 aliphatic heterocycles. The van der Waals surface area contributed by atoms with E-state index >= 15 is 0 Å². The topological polar surface area (TPSA) is 46.5 Å². The molecule has 1 aromatic carbocycles. The summed E-state index contributed by atoms with van der Waals surface area (Å²) >= 11 is 0. The summed E-state index contributed by atoms with van der Waals surface area (Å²) in [4.78, 5) is 10.6. The minimum absolute atomic E-state index is 0.553. The predicted octanol–water partition coefficient (Wildman–Crippen LogP) is 2.25. The molecule has 0 bridgehead atoms. The van der Waals surface area contributed by atoms with E-state index in [-0.39, 0.29) is 0 Å². The van der Waals surface area contributed by atoms with Gasteiger partial charge in [0.15, 0.2) is 0 Å². The fraction of sp³-hybridized carbons (Fsp3) is 0.250. The molecule has 0 fully saturated rings. The van der Waals surface area contributed by atoms with Gasteiger partial charge in [-0.2, -0.15) is 0 Å². The summed E-state index contributed by atoms with van der Waals surface area (Å²) in [5.74, 6) is -0.0874. The molecule has 0 saturated carbocycles. The Morgan fingerprint density at radius 2 is 2.33 bits per heavy atom. The molecule has 1 aliphatic rings. The van der Waals surface area contributed by atoms with Gasteiger partial charge in [0.25, 0.3) is 0 Å². The van der Waals surface area contributed by atoms with Crippen molar-refractivity contribution in [2.24, 2.45) is 0 Å². The summed E-state index contributed by atoms with van der Waals surface area (Å²) in [6.07, 6.45) is 1.92. The number of hydrogen-bond donors (Lipinski definition) is 1. The zero-order valence-electron chi connectivity index (χ0n) is 8.49. The number of aryl methyl sites for hydroxylation is 1. The van der Waals surface area contributed by atoms with Crippen molar-refractivity contribution in [2.45, 2.75) is 13.3 Å². The maximum Gasteiger partial charge on any atom is 0.328 e. The first-order chi connectivity index (χ1) is 7.18. The van der Waals surface area contributed by atoms with Gasteiger partial charge < -0.3 is 9.84 Å². The number of aliphatic carboxylic acids is 1. The van der Waals surface area contributed by atoms with Crippen molar-refractivity contribution < 1.29 is 14.6 Å². The maximum absolute atomic E-state index is 10.6. The van der Waals surface area contributed by atoms with Gasteiger partial charge in [0, 0.05) is 18.1 Å². The van der Waals surface area contributed by atoms with Crippen LogP contribution in [0.1, 0.15) is 17.5 Å². The molecule has 15 heavy (non-hydrogen) atoms. The normalized spacial score (nSPS) is 17.0. The van der Waals surface area contributed by atoms with Crippen molar-refractivity contribution >= 4 is 11.5 Å². The second-order valence-corrected chi connectivity index (χ2v) is 3.56. The summed E-state index contributed by atoms with van der Waals surface area (Å²) < 4.78 is 5.53. The van der Waals surface area contributed by atoms with E-state index in [1.165, 1.54) is 6.08 Å². The Labute approximate surface area is 88.0 Å². The number of benzene rings is 1. The van der Waals surface area contributed by atoms with E-state index in [2.05, 4.69) is 0 Å². The Hall–Kier alpha value is -1.77. The molecular weight excluding hydrogens is 192 g/mol. The van der Waals surface area contributed by atoms with Crippen LogP contribution in [-0.2, 0) is 4.79 Å². The van der Waals surface area contributed by atoms with Crippen LogP contribution in [0.25, 0.3) is 5.57 Å². The van der Waals surface area contributed by atoms with Gasteiger partial charge >= 0.3 is 5.97 Å². The Balaban J connectivity index is 2.52. The van der Waals surface area contributed by atoms with Crippen LogP contribution < -0.4 is 4.74 Å². The largest absolute Gasteiger partial charge is 0.492 e. The van der Waals surface area contributed by atoms with E-state index in [1.807, 2.05) is 25.1 Å². The number of para-hydroxylation sites is 1. The first-order valence-corrected chi connectivity index (χ1v) is 4.85. The average Bonchev–Trinajstić information content (AvgIpc) is 2.19. The molecule has 1 N–H and O–H groups in total. The molecule has 78 valence electrons. The molecule has 1 aromatic rings. The quantitative estimate of drug-likeness (QED) is 0.713. The highest BCUT2D eigenvalue weighted by atomic mass is 16.5. The van der Waals surface area contributed by atoms with Gasteiger partial charge in [0.2, 0.25) is 0 Å². The van der Waals surface area contributed by atoms with Crippen molar-refractivity contribution in [1.29, 1.82) is 0 Å². The molecular formula is C12H12O3. The van der Waals surface area contributed by atoms with Gasteiger partial charge in [-0.1, -0.05) is 18.2 Å². The second kappa shape index (κ2) is 3.77. The van der Waals surface area contributed by atoms with Crippen LogP contribution in [0, 0.1) is 6.92 Å². The van der Waals surface area contributed by atoms with Crippen LogP contribution in [0.2, 0.25) is 0 Å². The van der Waals surface area contributed by atoms with E-state index in [0.29, 0.717) is 13.0 Å². The highest BCUT2D eigenvalue weighted by molar-refractivity contribution is 5.91. The molecule has 2 rings (SSSR count). The first-order valence-electron chi connectivity index (χ1n) is 4.85. The third-order valence-corrected chi connectivity index (χ3v) is 2.47. The minimum atomic E-state index is -0.903. The molecule has 1 heterocycles. The third kappa shape index (κ3) is 1.86. The van der Waals surface area contributed by atoms with Crippen LogP contribution >= 0.6 is 0 Å². The maximum atomic E-state index is 10.6. The van der Waals surface area contributed by atoms with Crippen LogP contribution in [0.5, 0.6) is 5.75 Å². The van der Waals surface area contributed by atoms with Crippen molar-refractivity contribution in [3.8, 4) is 5.75 Å². The number of fused-ring (bicyclic) bond motifs is 1. The lowest BCUT2D eigenvalue weighted by atomic mass is 9.97. The number of carboxylic acids is 1. The molecule has 0 atom stereocenters. The van der Waals surface area contributed by atoms with Crippen molar-refractivity contribution in [3.05, 3.63) is 35.4 Å². The van der Waals surface area contributed by atoms with E-state index in [4.69, 9.17) is 9.84 Å². The van der Waals surface area contributed by atoms with Crippen molar-refractivity contribution in [1.82, 2.24) is 0 Å². The molecule has 0 aliphatic carbocycles. The standard InChI is InChI=1S/C12H12O3/c1-8-3-2-4-10-9(7-11(13)14)5-6-15-12(8)10/h2-4,7H,5-6H2,1H3,(H,13,14)/b9-7+. The molecule has 3 heteroatoms. The zero-order chi connectivity index (χ0) is 10.8. The number of carbonyl (C=O) groups is 1. The third-order valence-electron chi connectivity index (χ3n) is 2.47. The van der Waals surface area contributed by atoms with Crippen LogP contribution in [0.4, 0.5) is 0 Å². The summed E-state index contributed by atoms with van der Waals surface area (Å²) in [5, 5.41) is 8.74. The molecule has 0 unspecified atom stereocenters. The Morgan fingerprint density at radius 1 is 1.53 bits per heavy atom. The first kappa shape index (κ1) is 9.77. The Kier molecular flexibility index (Phi) is 2.46. The highest BCUT2D eigenvalue weighted by Crippen LogP contribution is 2.34. The number of carboxylic acid groups (broad SMARTS) is 1. The van der Waals surface area contributed by atoms with Crippen LogP contribution in [0.15, 0.2) is 24.3 Å². The van der Waals surface area contributed by atoms with Crippen LogP contribution in [0.3, 0.4) is 0 Å². The summed E-state index contributed by atoms with van der Waals surface area (Å²) in [5.41, 5.74) is 2.79. The zero-order valence-corrected chi connectivity index (χ0v) is 8.49. The lowest BCUT2D eigenvalue weighted by molar-refractivity contribution is -0.131. The molecule has 3 nitrogen and oxygen atoms in total. The van der Waals surface area contributed by atoms with E-state index < -0.39 is 5.97 Å². The van der Waals surface area contributed by atoms with Crippen LogP contribution in [-0.4, -0.2) is 17.7 Å². The Bertz CT molecular complexity index is 432. The minimum Gasteiger partial charge on any atom is -0.492 e. The lowest BCUT2D eigenvalue weighted by Crippen LogP contribution is -2.09. The summed E-state index contributed by atoms with van der Waals surface area (Å²) in [6.45, 7) is 2.51. The highest BCUT2D eigenvalue weighted by Gasteiger charge is 2.17. The molecule has 0 spiro atoms. The smallest absolute Gasteiger partial charge is 0.328 e. The fourth-order valence-corrected chi connectivity index (χ4v) is 1.79. The fourth-order valence-electron chi connectivity index (χ4n) is 1.79. The predicted molar refractivity (Wildman–Crippen MR) is 56.9 cm³/mol. The summed E-state index contributed by atoms with van der Waals surface area (Å²) in [6, 6.07) is 5.78. The van der Waals surface area contributed by atoms with Gasteiger partial charge in [-0.3, -0.25) is 0 Å². The number of hydrogen-bond acceptors (Lipinski definition) is 2. The monoisotopic (exact) mass is 204 g/mol. The molecule has 0 amide bonds. The lowest BCUT2D eigenvalue weighted by Gasteiger charge is -2.21. The van der Waals surface area contributed by atoms with Crippen molar-refractivity contribution in [2.75, 3.05) is 6.61 Å². The van der Waals surface area contributed by atoms with Gasteiger partial charge in [-0.15, -0.1) is 0 Å². The van der Waals surface area contributed by atoms with Gasteiger partial charge in [0.1, 0.15) is 5.75 Å².